The number of hydroxylamine groups is 1. The van der Waals surface area contributed by atoms with E-state index in [0.29, 0.717) is 12.3 Å². The highest BCUT2D eigenvalue weighted by Crippen LogP contribution is 2.32. The molecule has 0 bridgehead atoms. The molecule has 0 saturated carbocycles. The highest BCUT2D eigenvalue weighted by molar-refractivity contribution is 7.13. The lowest BCUT2D eigenvalue weighted by Gasteiger charge is -2.12. The maximum atomic E-state index is 12.5. The molecule has 0 aliphatic carbocycles. The molecule has 5 nitrogen and oxygen atoms in total. The first kappa shape index (κ1) is 18.2. The van der Waals surface area contributed by atoms with E-state index >= 15 is 0 Å². The number of nitrogens with one attached hydrogen (secondary N) is 2. The van der Waals surface area contributed by atoms with Crippen molar-refractivity contribution in [2.75, 3.05) is 11.9 Å². The molecule has 1 aromatic carbocycles. The van der Waals surface area contributed by atoms with E-state index in [-0.39, 0.29) is 11.0 Å². The van der Waals surface area contributed by atoms with Crippen LogP contribution in [0.3, 0.4) is 0 Å². The number of rotatable bonds is 6. The molecule has 1 heterocycles. The first-order valence-electron chi connectivity index (χ1n) is 7.12. The van der Waals surface area contributed by atoms with Crippen LogP contribution in [0.15, 0.2) is 29.6 Å². The lowest BCUT2D eigenvalue weighted by molar-refractivity contribution is -0.140. The summed E-state index contributed by atoms with van der Waals surface area (Å²) in [7, 11) is 0. The van der Waals surface area contributed by atoms with E-state index in [1.54, 1.807) is 38.1 Å². The highest BCUT2D eigenvalue weighted by Gasteiger charge is 2.33. The van der Waals surface area contributed by atoms with Crippen molar-refractivity contribution in [3.63, 3.8) is 0 Å². The minimum atomic E-state index is -4.45. The van der Waals surface area contributed by atoms with E-state index in [4.69, 9.17) is 4.84 Å². The molecule has 0 aliphatic rings. The molecule has 9 heteroatoms. The minimum Gasteiger partial charge on any atom is -0.332 e. The van der Waals surface area contributed by atoms with Crippen LogP contribution in [0.2, 0.25) is 0 Å². The van der Waals surface area contributed by atoms with Gasteiger partial charge in [0.1, 0.15) is 0 Å². The summed E-state index contributed by atoms with van der Waals surface area (Å²) in [6, 6.07) is 6.79. The van der Waals surface area contributed by atoms with Gasteiger partial charge in [0.2, 0.25) is 0 Å². The van der Waals surface area contributed by atoms with E-state index in [2.05, 4.69) is 15.8 Å². The summed E-state index contributed by atoms with van der Waals surface area (Å²) in [5, 5.41) is 3.91. The van der Waals surface area contributed by atoms with Crippen LogP contribution in [0.1, 0.15) is 31.0 Å². The van der Waals surface area contributed by atoms with Crippen molar-refractivity contribution in [1.29, 1.82) is 0 Å². The van der Waals surface area contributed by atoms with Crippen LogP contribution in [-0.2, 0) is 15.8 Å². The molecular weight excluding hydrogens is 343 g/mol. The average Bonchev–Trinajstić information content (AvgIpc) is 3.01. The summed E-state index contributed by atoms with van der Waals surface area (Å²) in [6.07, 6.45) is -4.45. The second kappa shape index (κ2) is 7.63. The number of halogens is 3. The molecule has 0 saturated heterocycles. The van der Waals surface area contributed by atoms with Gasteiger partial charge in [-0.2, -0.15) is 13.2 Å². The summed E-state index contributed by atoms with van der Waals surface area (Å²) in [4.78, 5) is 20.2. The number of thiazole rings is 1. The fourth-order valence-electron chi connectivity index (χ4n) is 1.82. The smallest absolute Gasteiger partial charge is 0.332 e. The summed E-state index contributed by atoms with van der Waals surface area (Å²) >= 11 is 0.873. The molecule has 2 rings (SSSR count). The van der Waals surface area contributed by atoms with Gasteiger partial charge in [0.05, 0.1) is 12.5 Å². The van der Waals surface area contributed by atoms with E-state index in [0.717, 1.165) is 22.3 Å². The summed E-state index contributed by atoms with van der Waals surface area (Å²) in [6.45, 7) is 3.86. The Balaban J connectivity index is 2.01. The Morgan fingerprint density at radius 3 is 2.54 bits per heavy atom. The molecule has 130 valence electrons. The van der Waals surface area contributed by atoms with Gasteiger partial charge in [0.15, 0.2) is 10.8 Å². The van der Waals surface area contributed by atoms with Gasteiger partial charge in [-0.05, 0) is 31.5 Å². The second-order valence-corrected chi connectivity index (χ2v) is 5.76. The van der Waals surface area contributed by atoms with Crippen molar-refractivity contribution in [1.82, 2.24) is 10.5 Å². The zero-order chi connectivity index (χ0) is 17.7. The Morgan fingerprint density at radius 2 is 2.00 bits per heavy atom. The number of nitrogens with zero attached hydrogens (tertiary/aromatic N) is 1. The van der Waals surface area contributed by atoms with Gasteiger partial charge in [-0.1, -0.05) is 12.1 Å². The van der Waals surface area contributed by atoms with Crippen LogP contribution in [-0.4, -0.2) is 17.5 Å². The van der Waals surface area contributed by atoms with Crippen LogP contribution < -0.4 is 10.8 Å². The van der Waals surface area contributed by atoms with Crippen molar-refractivity contribution in [3.05, 3.63) is 40.9 Å². The molecule has 0 radical (unpaired) electrons. The van der Waals surface area contributed by atoms with Crippen molar-refractivity contribution >= 4 is 28.1 Å². The largest absolute Gasteiger partial charge is 0.434 e. The number of hydrogen-bond acceptors (Lipinski definition) is 5. The quantitative estimate of drug-likeness (QED) is 0.763. The molecule has 24 heavy (non-hydrogen) atoms. The number of aromatic nitrogens is 1. The third-order valence-corrected chi connectivity index (χ3v) is 3.92. The van der Waals surface area contributed by atoms with Gasteiger partial charge in [-0.15, -0.1) is 11.3 Å². The lowest BCUT2D eigenvalue weighted by atomic mass is 10.0. The Labute approximate surface area is 140 Å². The van der Waals surface area contributed by atoms with Crippen molar-refractivity contribution in [2.24, 2.45) is 0 Å². The number of anilines is 2. The topological polar surface area (TPSA) is 63.2 Å². The van der Waals surface area contributed by atoms with Gasteiger partial charge in [0, 0.05) is 11.1 Å². The van der Waals surface area contributed by atoms with Gasteiger partial charge < -0.3 is 5.32 Å². The first-order valence-corrected chi connectivity index (χ1v) is 8.00. The first-order chi connectivity index (χ1) is 11.3. The van der Waals surface area contributed by atoms with Crippen LogP contribution in [0, 0.1) is 0 Å². The SMILES string of the molecule is CCONC(=O)[C@@H](C)c1ccc(Nc2nc(C(F)(F)F)cs2)cc1. The second-order valence-electron chi connectivity index (χ2n) is 4.90. The zero-order valence-corrected chi connectivity index (χ0v) is 13.8. The van der Waals surface area contributed by atoms with Crippen LogP contribution >= 0.6 is 11.3 Å². The predicted molar refractivity (Wildman–Crippen MR) is 85.0 cm³/mol. The van der Waals surface area contributed by atoms with Gasteiger partial charge >= 0.3 is 6.18 Å². The highest BCUT2D eigenvalue weighted by atomic mass is 32.1. The van der Waals surface area contributed by atoms with Crippen LogP contribution in [0.5, 0.6) is 0 Å². The molecule has 1 aromatic heterocycles. The van der Waals surface area contributed by atoms with Crippen LogP contribution in [0.25, 0.3) is 0 Å². The molecule has 0 fully saturated rings. The molecule has 0 unspecified atom stereocenters. The third kappa shape index (κ3) is 4.68. The molecule has 0 spiro atoms. The number of alkyl halides is 3. The monoisotopic (exact) mass is 359 g/mol. The van der Waals surface area contributed by atoms with Gasteiger partial charge in [0.25, 0.3) is 5.91 Å². The van der Waals surface area contributed by atoms with E-state index in [1.807, 2.05) is 0 Å². The van der Waals surface area contributed by atoms with Crippen molar-refractivity contribution < 1.29 is 22.8 Å². The van der Waals surface area contributed by atoms with Crippen molar-refractivity contribution in [2.45, 2.75) is 25.9 Å². The molecule has 2 aromatic rings. The Morgan fingerprint density at radius 1 is 1.33 bits per heavy atom. The third-order valence-electron chi connectivity index (χ3n) is 3.17. The van der Waals surface area contributed by atoms with Crippen LogP contribution in [0.4, 0.5) is 24.0 Å². The normalized spacial score (nSPS) is 12.7. The average molecular weight is 359 g/mol. The molecule has 1 amide bonds. The maximum absolute atomic E-state index is 12.5. The molecule has 2 N–H and O–H groups in total. The number of benzene rings is 1. The Hall–Kier alpha value is -2.13. The standard InChI is InChI=1S/C15H16F3N3O2S/c1-3-23-21-13(22)9(2)10-4-6-11(7-5-10)19-14-20-12(8-24-14)15(16,17)18/h4-9H,3H2,1-2H3,(H,19,20)(H,21,22)/t9-/m0/s1. The van der Waals surface area contributed by atoms with Crippen molar-refractivity contribution in [3.8, 4) is 0 Å². The fraction of sp³-hybridized carbons (Fsp3) is 0.333. The molecule has 1 atom stereocenters. The predicted octanol–water partition coefficient (Wildman–Crippen LogP) is 4.08. The number of hydrogen-bond donors (Lipinski definition) is 2. The Kier molecular flexibility index (Phi) is 5.79. The lowest BCUT2D eigenvalue weighted by Crippen LogP contribution is -2.28. The maximum Gasteiger partial charge on any atom is 0.434 e. The van der Waals surface area contributed by atoms with E-state index in [1.165, 1.54) is 0 Å². The summed E-state index contributed by atoms with van der Waals surface area (Å²) < 4.78 is 37.5. The number of amides is 1. The Bertz CT molecular complexity index is 686. The number of carbonyl (C=O) groups is 1. The fourth-order valence-corrected chi connectivity index (χ4v) is 2.56. The minimum absolute atomic E-state index is 0.150. The number of carbonyl (C=O) groups excluding carboxylic acids is 1. The summed E-state index contributed by atoms with van der Waals surface area (Å²) in [5.74, 6) is -0.686. The van der Waals surface area contributed by atoms with E-state index in [9.17, 15) is 18.0 Å². The molecule has 0 aliphatic heterocycles. The zero-order valence-electron chi connectivity index (χ0n) is 13.0. The van der Waals surface area contributed by atoms with E-state index < -0.39 is 17.8 Å². The molecular formula is C15H16F3N3O2S. The summed E-state index contributed by atoms with van der Waals surface area (Å²) in [5.41, 5.74) is 2.75. The van der Waals surface area contributed by atoms with Gasteiger partial charge in [-0.3, -0.25) is 9.63 Å². The van der Waals surface area contributed by atoms with Gasteiger partial charge in [-0.25, -0.2) is 10.5 Å².